The lowest BCUT2D eigenvalue weighted by atomic mass is 9.88. The van der Waals surface area contributed by atoms with E-state index in [4.69, 9.17) is 4.74 Å². The number of methoxy groups -OCH3 is 1. The van der Waals surface area contributed by atoms with Crippen molar-refractivity contribution in [1.29, 1.82) is 5.26 Å². The number of fused-ring (bicyclic) bond motifs is 2. The third kappa shape index (κ3) is 2.40. The quantitative estimate of drug-likeness (QED) is 0.869. The van der Waals surface area contributed by atoms with E-state index in [1.54, 1.807) is 6.92 Å². The van der Waals surface area contributed by atoms with Crippen LogP contribution in [0.15, 0.2) is 0 Å². The second-order valence-corrected chi connectivity index (χ2v) is 7.15. The minimum Gasteiger partial charge on any atom is -0.465 e. The Kier molecular flexibility index (Phi) is 3.92. The van der Waals surface area contributed by atoms with E-state index < -0.39 is 5.97 Å². The van der Waals surface area contributed by atoms with Gasteiger partial charge in [0.1, 0.15) is 15.9 Å². The summed E-state index contributed by atoms with van der Waals surface area (Å²) < 4.78 is 4.72. The predicted molar refractivity (Wildman–Crippen MR) is 82.7 cm³/mol. The van der Waals surface area contributed by atoms with Crippen LogP contribution < -0.4 is 5.32 Å². The van der Waals surface area contributed by atoms with E-state index in [0.717, 1.165) is 30.6 Å². The molecule has 2 saturated carbocycles. The Bertz CT molecular complexity index is 674. The molecule has 0 saturated heterocycles. The Balaban J connectivity index is 1.81. The van der Waals surface area contributed by atoms with Gasteiger partial charge in [0.2, 0.25) is 5.91 Å². The molecule has 5 nitrogen and oxygen atoms in total. The van der Waals surface area contributed by atoms with Gasteiger partial charge in [-0.3, -0.25) is 4.79 Å². The number of esters is 1. The van der Waals surface area contributed by atoms with Crippen molar-refractivity contribution in [2.24, 2.45) is 17.8 Å². The molecule has 0 radical (unpaired) electrons. The zero-order valence-corrected chi connectivity index (χ0v) is 13.5. The molecule has 1 N–H and O–H groups in total. The molecule has 1 amide bonds. The van der Waals surface area contributed by atoms with Gasteiger partial charge in [-0.15, -0.1) is 11.3 Å². The number of nitrogens with one attached hydrogen (secondary N) is 1. The molecule has 1 aromatic rings. The number of thiophene rings is 1. The first-order valence-electron chi connectivity index (χ1n) is 7.47. The van der Waals surface area contributed by atoms with Crippen molar-refractivity contribution in [3.05, 3.63) is 16.0 Å². The standard InChI is InChI=1S/C16H18N2O3S/c1-8-12(7-17)15(22-13(8)16(20)21-2)18-14(19)11-6-9-3-4-10(11)5-9/h9-11H,3-6H2,1-2H3,(H,18,19)/t9-,10-,11+/m1/s1. The molecular formula is C16H18N2O3S. The number of carbonyl (C=O) groups excluding carboxylic acids is 2. The number of anilines is 1. The highest BCUT2D eigenvalue weighted by Crippen LogP contribution is 2.48. The second kappa shape index (κ2) is 5.73. The molecule has 0 unspecified atom stereocenters. The zero-order chi connectivity index (χ0) is 15.9. The van der Waals surface area contributed by atoms with Gasteiger partial charge in [0.15, 0.2) is 0 Å². The number of nitrogens with zero attached hydrogens (tertiary/aromatic N) is 1. The molecule has 22 heavy (non-hydrogen) atoms. The van der Waals surface area contributed by atoms with E-state index >= 15 is 0 Å². The number of hydrogen-bond acceptors (Lipinski definition) is 5. The zero-order valence-electron chi connectivity index (χ0n) is 12.6. The van der Waals surface area contributed by atoms with E-state index in [1.807, 2.05) is 0 Å². The van der Waals surface area contributed by atoms with Gasteiger partial charge in [-0.25, -0.2) is 4.79 Å². The van der Waals surface area contributed by atoms with Crippen LogP contribution >= 0.6 is 11.3 Å². The number of amides is 1. The van der Waals surface area contributed by atoms with Crippen LogP contribution in [0.4, 0.5) is 5.00 Å². The minimum atomic E-state index is -0.473. The highest BCUT2D eigenvalue weighted by Gasteiger charge is 2.43. The maximum atomic E-state index is 12.5. The SMILES string of the molecule is COC(=O)c1sc(NC(=O)[C@H]2C[C@@H]3CC[C@@H]2C3)c(C#N)c1C. The topological polar surface area (TPSA) is 79.2 Å². The summed E-state index contributed by atoms with van der Waals surface area (Å²) in [6.07, 6.45) is 4.47. The van der Waals surface area contributed by atoms with E-state index in [0.29, 0.717) is 32.8 Å². The second-order valence-electron chi connectivity index (χ2n) is 6.13. The van der Waals surface area contributed by atoms with E-state index in [2.05, 4.69) is 11.4 Å². The molecule has 116 valence electrons. The molecule has 2 fully saturated rings. The van der Waals surface area contributed by atoms with Gasteiger partial charge >= 0.3 is 5.97 Å². The number of ether oxygens (including phenoxy) is 1. The lowest BCUT2D eigenvalue weighted by Crippen LogP contribution is -2.27. The Morgan fingerprint density at radius 2 is 2.14 bits per heavy atom. The van der Waals surface area contributed by atoms with Crippen LogP contribution in [0.25, 0.3) is 0 Å². The number of carbonyl (C=O) groups is 2. The van der Waals surface area contributed by atoms with Crippen molar-refractivity contribution in [3.63, 3.8) is 0 Å². The van der Waals surface area contributed by atoms with Gasteiger partial charge in [0.25, 0.3) is 0 Å². The summed E-state index contributed by atoms with van der Waals surface area (Å²) in [6, 6.07) is 2.08. The largest absolute Gasteiger partial charge is 0.465 e. The first kappa shape index (κ1) is 15.0. The van der Waals surface area contributed by atoms with Gasteiger partial charge in [-0.1, -0.05) is 6.42 Å². The van der Waals surface area contributed by atoms with Crippen LogP contribution in [-0.4, -0.2) is 19.0 Å². The summed E-state index contributed by atoms with van der Waals surface area (Å²) in [6.45, 7) is 1.70. The molecule has 2 aliphatic rings. The lowest BCUT2D eigenvalue weighted by molar-refractivity contribution is -0.121. The van der Waals surface area contributed by atoms with Crippen molar-refractivity contribution in [2.75, 3.05) is 12.4 Å². The molecule has 6 heteroatoms. The van der Waals surface area contributed by atoms with Crippen LogP contribution in [0.2, 0.25) is 0 Å². The highest BCUT2D eigenvalue weighted by atomic mass is 32.1. The molecule has 2 aliphatic carbocycles. The van der Waals surface area contributed by atoms with Gasteiger partial charge in [0.05, 0.1) is 12.7 Å². The molecule has 2 bridgehead atoms. The van der Waals surface area contributed by atoms with Gasteiger partial charge in [0, 0.05) is 5.92 Å². The monoisotopic (exact) mass is 318 g/mol. The average Bonchev–Trinajstić information content (AvgIpc) is 3.21. The van der Waals surface area contributed by atoms with Crippen molar-refractivity contribution in [3.8, 4) is 6.07 Å². The predicted octanol–water partition coefficient (Wildman–Crippen LogP) is 3.09. The van der Waals surface area contributed by atoms with Crippen LogP contribution in [-0.2, 0) is 9.53 Å². The van der Waals surface area contributed by atoms with Crippen molar-refractivity contribution >= 4 is 28.2 Å². The average molecular weight is 318 g/mol. The van der Waals surface area contributed by atoms with Gasteiger partial charge in [-0.05, 0) is 43.6 Å². The first-order valence-corrected chi connectivity index (χ1v) is 8.29. The van der Waals surface area contributed by atoms with Crippen molar-refractivity contribution in [1.82, 2.24) is 0 Å². The lowest BCUT2D eigenvalue weighted by Gasteiger charge is -2.20. The molecule has 0 aliphatic heterocycles. The Morgan fingerprint density at radius 1 is 1.36 bits per heavy atom. The van der Waals surface area contributed by atoms with Crippen molar-refractivity contribution < 1.29 is 14.3 Å². The summed E-state index contributed by atoms with van der Waals surface area (Å²) in [4.78, 5) is 24.6. The van der Waals surface area contributed by atoms with E-state index in [-0.39, 0.29) is 11.8 Å². The molecular weight excluding hydrogens is 300 g/mol. The highest BCUT2D eigenvalue weighted by molar-refractivity contribution is 7.18. The molecule has 1 heterocycles. The van der Waals surface area contributed by atoms with Crippen LogP contribution in [0, 0.1) is 36.0 Å². The Morgan fingerprint density at radius 3 is 2.68 bits per heavy atom. The third-order valence-electron chi connectivity index (χ3n) is 4.94. The summed E-state index contributed by atoms with van der Waals surface area (Å²) in [5.41, 5.74) is 0.935. The fraction of sp³-hybridized carbons (Fsp3) is 0.562. The Labute approximate surface area is 133 Å². The van der Waals surface area contributed by atoms with Crippen LogP contribution in [0.3, 0.4) is 0 Å². The number of rotatable bonds is 3. The van der Waals surface area contributed by atoms with Crippen LogP contribution in [0.1, 0.15) is 46.5 Å². The van der Waals surface area contributed by atoms with E-state index in [9.17, 15) is 14.9 Å². The molecule has 1 aromatic heterocycles. The van der Waals surface area contributed by atoms with Gasteiger partial charge < -0.3 is 10.1 Å². The summed E-state index contributed by atoms with van der Waals surface area (Å²) in [5, 5.41) is 12.6. The fourth-order valence-corrected chi connectivity index (χ4v) is 4.87. The molecule has 0 spiro atoms. The smallest absolute Gasteiger partial charge is 0.348 e. The van der Waals surface area contributed by atoms with Gasteiger partial charge in [-0.2, -0.15) is 5.26 Å². The Hall–Kier alpha value is -1.87. The normalized spacial score (nSPS) is 25.8. The molecule has 3 rings (SSSR count). The fourth-order valence-electron chi connectivity index (χ4n) is 3.79. The summed E-state index contributed by atoms with van der Waals surface area (Å²) in [7, 11) is 1.31. The third-order valence-corrected chi connectivity index (χ3v) is 6.13. The molecule has 3 atom stereocenters. The first-order chi connectivity index (χ1) is 10.5. The maximum absolute atomic E-state index is 12.5. The maximum Gasteiger partial charge on any atom is 0.348 e. The molecule has 0 aromatic carbocycles. The van der Waals surface area contributed by atoms with Crippen LogP contribution in [0.5, 0.6) is 0 Å². The minimum absolute atomic E-state index is 0.0126. The summed E-state index contributed by atoms with van der Waals surface area (Å²) in [5.74, 6) is 0.735. The number of nitriles is 1. The summed E-state index contributed by atoms with van der Waals surface area (Å²) >= 11 is 1.12. The number of hydrogen-bond donors (Lipinski definition) is 1. The van der Waals surface area contributed by atoms with E-state index in [1.165, 1.54) is 13.5 Å². The van der Waals surface area contributed by atoms with Crippen molar-refractivity contribution in [2.45, 2.75) is 32.6 Å².